The van der Waals surface area contributed by atoms with Gasteiger partial charge in [0.05, 0.1) is 11.5 Å². The molecule has 1 unspecified atom stereocenters. The third kappa shape index (κ3) is 3.29. The highest BCUT2D eigenvalue weighted by molar-refractivity contribution is 8.00. The van der Waals surface area contributed by atoms with Gasteiger partial charge in [0.1, 0.15) is 0 Å². The van der Waals surface area contributed by atoms with Crippen molar-refractivity contribution >= 4 is 17.7 Å². The van der Waals surface area contributed by atoms with Gasteiger partial charge in [0, 0.05) is 20.1 Å². The Balaban J connectivity index is 2.12. The summed E-state index contributed by atoms with van der Waals surface area (Å²) in [6.07, 6.45) is 1.60. The number of thioether (sulfide) groups is 1. The normalized spacial score (nSPS) is 12.4. The second-order valence-electron chi connectivity index (χ2n) is 4.61. The summed E-state index contributed by atoms with van der Waals surface area (Å²) in [4.78, 5) is 14.1. The van der Waals surface area contributed by atoms with Crippen molar-refractivity contribution in [2.45, 2.75) is 31.2 Å². The fraction of sp³-hybridized carbons (Fsp3) is 0.500. The lowest BCUT2D eigenvalue weighted by molar-refractivity contribution is -0.129. The van der Waals surface area contributed by atoms with Crippen molar-refractivity contribution in [1.29, 1.82) is 0 Å². The third-order valence-corrected chi connectivity index (χ3v) is 4.40. The number of amides is 1. The Labute approximate surface area is 128 Å². The molecule has 2 rings (SSSR count). The van der Waals surface area contributed by atoms with Crippen molar-refractivity contribution in [2.75, 3.05) is 13.1 Å². The molecule has 0 aliphatic rings. The number of aromatic nitrogens is 3. The highest BCUT2D eigenvalue weighted by Gasteiger charge is 2.22. The Bertz CT molecular complexity index is 590. The molecule has 0 spiro atoms. The summed E-state index contributed by atoms with van der Waals surface area (Å²) in [5.74, 6) is 1.44. The van der Waals surface area contributed by atoms with Crippen molar-refractivity contribution in [3.63, 3.8) is 0 Å². The van der Waals surface area contributed by atoms with Crippen LogP contribution in [0.3, 0.4) is 0 Å². The van der Waals surface area contributed by atoms with Gasteiger partial charge in [-0.3, -0.25) is 4.79 Å². The fourth-order valence-electron chi connectivity index (χ4n) is 2.04. The Kier molecular flexibility index (Phi) is 5.06. The maximum Gasteiger partial charge on any atom is 0.235 e. The van der Waals surface area contributed by atoms with Gasteiger partial charge in [-0.05, 0) is 32.9 Å². The van der Waals surface area contributed by atoms with E-state index in [1.54, 1.807) is 6.26 Å². The lowest BCUT2D eigenvalue weighted by atomic mass is 10.4. The quantitative estimate of drug-likeness (QED) is 0.767. The van der Waals surface area contributed by atoms with Crippen LogP contribution in [0.5, 0.6) is 0 Å². The zero-order valence-corrected chi connectivity index (χ0v) is 13.6. The molecule has 2 aromatic heterocycles. The molecule has 0 aliphatic heterocycles. The SMILES string of the molecule is CCN(CC)C(=O)C(C)Sc1nnc(-c2ccco2)n1C. The molecule has 7 heteroatoms. The molecule has 0 N–H and O–H groups in total. The van der Waals surface area contributed by atoms with Gasteiger partial charge >= 0.3 is 0 Å². The van der Waals surface area contributed by atoms with Gasteiger partial charge in [0.15, 0.2) is 16.7 Å². The van der Waals surface area contributed by atoms with E-state index in [1.807, 2.05) is 49.4 Å². The van der Waals surface area contributed by atoms with Crippen LogP contribution in [0, 0.1) is 0 Å². The molecule has 6 nitrogen and oxygen atoms in total. The molecular formula is C14H20N4O2S. The van der Waals surface area contributed by atoms with Crippen LogP contribution in [0.25, 0.3) is 11.6 Å². The predicted molar refractivity (Wildman–Crippen MR) is 82.0 cm³/mol. The van der Waals surface area contributed by atoms with Gasteiger partial charge < -0.3 is 13.9 Å². The molecule has 1 amide bonds. The molecule has 0 saturated heterocycles. The van der Waals surface area contributed by atoms with Gasteiger partial charge in [-0.15, -0.1) is 10.2 Å². The van der Waals surface area contributed by atoms with E-state index < -0.39 is 0 Å². The molecule has 0 aromatic carbocycles. The molecule has 0 bridgehead atoms. The standard InChI is InChI=1S/C14H20N4O2S/c1-5-18(6-2)13(19)10(3)21-14-16-15-12(17(14)4)11-8-7-9-20-11/h7-10H,5-6H2,1-4H3. The molecule has 2 aromatic rings. The number of carbonyl (C=O) groups excluding carboxylic acids is 1. The van der Waals surface area contributed by atoms with Gasteiger partial charge in [-0.1, -0.05) is 11.8 Å². The van der Waals surface area contributed by atoms with Crippen molar-refractivity contribution < 1.29 is 9.21 Å². The Morgan fingerprint density at radius 3 is 2.71 bits per heavy atom. The predicted octanol–water partition coefficient (Wildman–Crippen LogP) is 2.42. The number of nitrogens with zero attached hydrogens (tertiary/aromatic N) is 4. The van der Waals surface area contributed by atoms with E-state index in [2.05, 4.69) is 10.2 Å². The first kappa shape index (κ1) is 15.6. The Morgan fingerprint density at radius 2 is 2.14 bits per heavy atom. The molecule has 114 valence electrons. The summed E-state index contributed by atoms with van der Waals surface area (Å²) in [6, 6.07) is 3.65. The van der Waals surface area contributed by atoms with Crippen LogP contribution in [-0.4, -0.2) is 43.9 Å². The number of rotatable bonds is 6. The lowest BCUT2D eigenvalue weighted by Gasteiger charge is -2.22. The number of carbonyl (C=O) groups is 1. The van der Waals surface area contributed by atoms with Gasteiger partial charge in [0.2, 0.25) is 5.91 Å². The number of furan rings is 1. The number of hydrogen-bond donors (Lipinski definition) is 0. The molecule has 0 fully saturated rings. The first-order chi connectivity index (χ1) is 10.1. The lowest BCUT2D eigenvalue weighted by Crippen LogP contribution is -2.36. The van der Waals surface area contributed by atoms with Crippen LogP contribution in [0.15, 0.2) is 28.0 Å². The van der Waals surface area contributed by atoms with Crippen LogP contribution >= 0.6 is 11.8 Å². The van der Waals surface area contributed by atoms with Crippen LogP contribution in [0.1, 0.15) is 20.8 Å². The first-order valence-electron chi connectivity index (χ1n) is 6.97. The van der Waals surface area contributed by atoms with E-state index in [9.17, 15) is 4.79 Å². The van der Waals surface area contributed by atoms with Crippen molar-refractivity contribution in [1.82, 2.24) is 19.7 Å². The minimum Gasteiger partial charge on any atom is -0.461 e. The topological polar surface area (TPSA) is 64.2 Å². The maximum atomic E-state index is 12.3. The zero-order chi connectivity index (χ0) is 15.4. The molecule has 0 radical (unpaired) electrons. The second kappa shape index (κ2) is 6.80. The van der Waals surface area contributed by atoms with E-state index in [4.69, 9.17) is 4.42 Å². The van der Waals surface area contributed by atoms with Crippen molar-refractivity contribution in [3.05, 3.63) is 18.4 Å². The summed E-state index contributed by atoms with van der Waals surface area (Å²) in [5.41, 5.74) is 0. The molecule has 2 heterocycles. The van der Waals surface area contributed by atoms with Crippen LogP contribution in [-0.2, 0) is 11.8 Å². The Hall–Kier alpha value is -1.76. The van der Waals surface area contributed by atoms with Crippen LogP contribution < -0.4 is 0 Å². The Morgan fingerprint density at radius 1 is 1.43 bits per heavy atom. The van der Waals surface area contributed by atoms with Crippen LogP contribution in [0.4, 0.5) is 0 Å². The zero-order valence-electron chi connectivity index (χ0n) is 12.7. The highest BCUT2D eigenvalue weighted by Crippen LogP contribution is 2.26. The minimum absolute atomic E-state index is 0.118. The maximum absolute atomic E-state index is 12.3. The monoisotopic (exact) mass is 308 g/mol. The third-order valence-electron chi connectivity index (χ3n) is 3.28. The fourth-order valence-corrected chi connectivity index (χ4v) is 2.94. The van der Waals surface area contributed by atoms with E-state index in [1.165, 1.54) is 11.8 Å². The average Bonchev–Trinajstić information content (AvgIpc) is 3.11. The first-order valence-corrected chi connectivity index (χ1v) is 7.85. The van der Waals surface area contributed by atoms with Gasteiger partial charge in [0.25, 0.3) is 0 Å². The molecule has 0 saturated carbocycles. The van der Waals surface area contributed by atoms with Crippen molar-refractivity contribution in [2.24, 2.45) is 7.05 Å². The molecule has 1 atom stereocenters. The summed E-state index contributed by atoms with van der Waals surface area (Å²) in [6.45, 7) is 7.30. The molecular weight excluding hydrogens is 288 g/mol. The highest BCUT2D eigenvalue weighted by atomic mass is 32.2. The number of hydrogen-bond acceptors (Lipinski definition) is 5. The van der Waals surface area contributed by atoms with Gasteiger partial charge in [-0.25, -0.2) is 0 Å². The molecule has 0 aliphatic carbocycles. The summed E-state index contributed by atoms with van der Waals surface area (Å²) < 4.78 is 7.17. The second-order valence-corrected chi connectivity index (χ2v) is 5.92. The van der Waals surface area contributed by atoms with Gasteiger partial charge in [-0.2, -0.15) is 0 Å². The summed E-state index contributed by atoms with van der Waals surface area (Å²) in [5, 5.41) is 8.79. The van der Waals surface area contributed by atoms with E-state index in [-0.39, 0.29) is 11.2 Å². The van der Waals surface area contributed by atoms with Crippen molar-refractivity contribution in [3.8, 4) is 11.6 Å². The van der Waals surface area contributed by atoms with E-state index in [0.29, 0.717) is 16.7 Å². The smallest absolute Gasteiger partial charge is 0.235 e. The average molecular weight is 308 g/mol. The van der Waals surface area contributed by atoms with E-state index >= 15 is 0 Å². The minimum atomic E-state index is -0.197. The van der Waals surface area contributed by atoms with E-state index in [0.717, 1.165) is 13.1 Å². The summed E-state index contributed by atoms with van der Waals surface area (Å²) >= 11 is 1.41. The summed E-state index contributed by atoms with van der Waals surface area (Å²) in [7, 11) is 1.87. The largest absolute Gasteiger partial charge is 0.461 e. The van der Waals surface area contributed by atoms with Crippen LogP contribution in [0.2, 0.25) is 0 Å². The molecule has 21 heavy (non-hydrogen) atoms.